The van der Waals surface area contributed by atoms with Gasteiger partial charge in [-0.05, 0) is 41.6 Å². The van der Waals surface area contributed by atoms with Crippen molar-refractivity contribution in [1.29, 1.82) is 0 Å². The molecule has 0 unspecified atom stereocenters. The van der Waals surface area contributed by atoms with E-state index in [0.717, 1.165) is 21.2 Å². The zero-order chi connectivity index (χ0) is 20.5. The Labute approximate surface area is 183 Å². The first kappa shape index (κ1) is 19.0. The van der Waals surface area contributed by atoms with Crippen LogP contribution in [0.15, 0.2) is 98.8 Å². The molecule has 5 nitrogen and oxygen atoms in total. The number of fused-ring (bicyclic) bond motifs is 1. The number of hydrogen-bond donors (Lipinski definition) is 0. The van der Waals surface area contributed by atoms with Crippen LogP contribution in [0.25, 0.3) is 0 Å². The molecule has 0 bridgehead atoms. The second-order valence-electron chi connectivity index (χ2n) is 6.82. The van der Waals surface area contributed by atoms with Crippen molar-refractivity contribution in [2.45, 2.75) is 11.4 Å². The van der Waals surface area contributed by atoms with Gasteiger partial charge in [0.1, 0.15) is 4.91 Å². The molecule has 0 aliphatic carbocycles. The quantitative estimate of drug-likeness (QED) is 0.531. The van der Waals surface area contributed by atoms with Gasteiger partial charge in [-0.2, -0.15) is 0 Å². The number of rotatable bonds is 3. The maximum Gasteiger partial charge on any atom is 0.269 e. The van der Waals surface area contributed by atoms with Crippen molar-refractivity contribution in [2.24, 2.45) is 4.99 Å². The number of thioether (sulfide) groups is 2. The number of pyridine rings is 1. The number of amides is 1. The van der Waals surface area contributed by atoms with Gasteiger partial charge >= 0.3 is 0 Å². The molecule has 3 aromatic rings. The topological polar surface area (TPSA) is 48.8 Å². The molecule has 148 valence electrons. The molecule has 0 radical (unpaired) electrons. The van der Waals surface area contributed by atoms with Crippen LogP contribution >= 0.6 is 23.5 Å². The Morgan fingerprint density at radius 1 is 0.933 bits per heavy atom. The van der Waals surface area contributed by atoms with Gasteiger partial charge in [0.2, 0.25) is 0 Å². The standard InChI is InChI=1S/C23H18N4OS2/c1-26-17-11-5-6-12-18(17)29-22(26)20-21(28)27(15-16-9-3-2-4-10-16)23(30-20)25-19-13-7-8-14-24-19/h2-14H,15H2,1H3. The van der Waals surface area contributed by atoms with Crippen LogP contribution in [-0.2, 0) is 11.3 Å². The summed E-state index contributed by atoms with van der Waals surface area (Å²) in [7, 11) is 2.00. The summed E-state index contributed by atoms with van der Waals surface area (Å²) in [5, 5.41) is 1.59. The van der Waals surface area contributed by atoms with Gasteiger partial charge in [-0.15, -0.1) is 0 Å². The van der Waals surface area contributed by atoms with Crippen LogP contribution in [-0.4, -0.2) is 28.0 Å². The lowest BCUT2D eigenvalue weighted by molar-refractivity contribution is -0.122. The van der Waals surface area contributed by atoms with Crippen molar-refractivity contribution in [1.82, 2.24) is 9.88 Å². The molecule has 2 aromatic carbocycles. The van der Waals surface area contributed by atoms with Crippen LogP contribution in [0.5, 0.6) is 0 Å². The summed E-state index contributed by atoms with van der Waals surface area (Å²) in [4.78, 5) is 28.2. The van der Waals surface area contributed by atoms with E-state index in [4.69, 9.17) is 4.99 Å². The van der Waals surface area contributed by atoms with Gasteiger partial charge in [-0.25, -0.2) is 9.98 Å². The Hall–Kier alpha value is -3.03. The fourth-order valence-corrected chi connectivity index (χ4v) is 5.67. The van der Waals surface area contributed by atoms with Crippen molar-refractivity contribution in [2.75, 3.05) is 11.9 Å². The molecule has 2 aliphatic heterocycles. The predicted octanol–water partition coefficient (Wildman–Crippen LogP) is 5.26. The van der Waals surface area contributed by atoms with Crippen molar-refractivity contribution < 1.29 is 4.79 Å². The molecule has 30 heavy (non-hydrogen) atoms. The van der Waals surface area contributed by atoms with Gasteiger partial charge in [-0.1, -0.05) is 60.3 Å². The highest BCUT2D eigenvalue weighted by Gasteiger charge is 2.39. The summed E-state index contributed by atoms with van der Waals surface area (Å²) in [6.45, 7) is 0.469. The van der Waals surface area contributed by atoms with Crippen LogP contribution in [0.3, 0.4) is 0 Å². The molecule has 0 saturated carbocycles. The van der Waals surface area contributed by atoms with Crippen LogP contribution in [0.2, 0.25) is 0 Å². The largest absolute Gasteiger partial charge is 0.337 e. The van der Waals surface area contributed by atoms with Crippen LogP contribution in [0.4, 0.5) is 11.5 Å². The third-order valence-corrected chi connectivity index (χ3v) is 7.27. The molecule has 0 N–H and O–H groups in total. The Bertz CT molecular complexity index is 1160. The van der Waals surface area contributed by atoms with Crippen LogP contribution in [0.1, 0.15) is 5.56 Å². The number of anilines is 1. The van der Waals surface area contributed by atoms with E-state index in [0.29, 0.717) is 22.4 Å². The summed E-state index contributed by atoms with van der Waals surface area (Å²) < 4.78 is 0. The number of aliphatic imine (C=N–C) groups is 1. The van der Waals surface area contributed by atoms with E-state index in [1.165, 1.54) is 11.8 Å². The van der Waals surface area contributed by atoms with E-state index >= 15 is 0 Å². The molecule has 1 fully saturated rings. The first-order chi connectivity index (χ1) is 14.7. The number of nitrogens with zero attached hydrogens (tertiary/aromatic N) is 4. The average molecular weight is 431 g/mol. The molecule has 1 amide bonds. The number of aromatic nitrogens is 1. The summed E-state index contributed by atoms with van der Waals surface area (Å²) in [5.41, 5.74) is 2.17. The molecular formula is C23H18N4OS2. The first-order valence-electron chi connectivity index (χ1n) is 9.49. The van der Waals surface area contributed by atoms with E-state index in [9.17, 15) is 4.79 Å². The summed E-state index contributed by atoms with van der Waals surface area (Å²) in [5.74, 6) is 0.563. The highest BCUT2D eigenvalue weighted by molar-refractivity contribution is 8.19. The molecule has 1 saturated heterocycles. The number of benzene rings is 2. The van der Waals surface area contributed by atoms with E-state index in [1.54, 1.807) is 22.9 Å². The number of hydrogen-bond acceptors (Lipinski definition) is 6. The maximum atomic E-state index is 13.5. The van der Waals surface area contributed by atoms with Gasteiger partial charge in [0.05, 0.1) is 17.3 Å². The third-order valence-electron chi connectivity index (χ3n) is 4.84. The van der Waals surface area contributed by atoms with Crippen molar-refractivity contribution in [3.8, 4) is 0 Å². The number of carbonyl (C=O) groups is 1. The third kappa shape index (κ3) is 3.51. The Kier molecular flexibility index (Phi) is 5.06. The lowest BCUT2D eigenvalue weighted by Crippen LogP contribution is -2.29. The highest BCUT2D eigenvalue weighted by atomic mass is 32.2. The van der Waals surface area contributed by atoms with E-state index in [-0.39, 0.29) is 5.91 Å². The minimum atomic E-state index is -0.0271. The molecule has 3 heterocycles. The molecule has 0 spiro atoms. The highest BCUT2D eigenvalue weighted by Crippen LogP contribution is 2.50. The summed E-state index contributed by atoms with van der Waals surface area (Å²) >= 11 is 3.04. The average Bonchev–Trinajstić information content (AvgIpc) is 3.27. The molecular weight excluding hydrogens is 412 g/mol. The second kappa shape index (κ2) is 8.01. The fraction of sp³-hybridized carbons (Fsp3) is 0.0870. The van der Waals surface area contributed by atoms with Crippen LogP contribution in [0, 0.1) is 0 Å². The van der Waals surface area contributed by atoms with Crippen molar-refractivity contribution in [3.63, 3.8) is 0 Å². The molecule has 0 atom stereocenters. The van der Waals surface area contributed by atoms with E-state index in [1.807, 2.05) is 67.7 Å². The van der Waals surface area contributed by atoms with Gasteiger partial charge in [0.15, 0.2) is 11.0 Å². The summed E-state index contributed by atoms with van der Waals surface area (Å²) in [6.07, 6.45) is 1.71. The summed E-state index contributed by atoms with van der Waals surface area (Å²) in [6, 6.07) is 23.8. The number of amidine groups is 1. The minimum absolute atomic E-state index is 0.0271. The normalized spacial score (nSPS) is 19.6. The Balaban J connectivity index is 1.55. The van der Waals surface area contributed by atoms with Crippen LogP contribution < -0.4 is 4.90 Å². The first-order valence-corrected chi connectivity index (χ1v) is 11.1. The molecule has 1 aromatic heterocycles. The Morgan fingerprint density at radius 2 is 1.70 bits per heavy atom. The molecule has 2 aliphatic rings. The smallest absolute Gasteiger partial charge is 0.269 e. The Morgan fingerprint density at radius 3 is 2.47 bits per heavy atom. The fourth-order valence-electron chi connectivity index (χ4n) is 3.34. The minimum Gasteiger partial charge on any atom is -0.337 e. The van der Waals surface area contributed by atoms with Gasteiger partial charge in [0.25, 0.3) is 5.91 Å². The zero-order valence-electron chi connectivity index (χ0n) is 16.2. The van der Waals surface area contributed by atoms with E-state index < -0.39 is 0 Å². The number of para-hydroxylation sites is 1. The van der Waals surface area contributed by atoms with Gasteiger partial charge in [0, 0.05) is 18.1 Å². The van der Waals surface area contributed by atoms with Crippen molar-refractivity contribution in [3.05, 3.63) is 94.5 Å². The monoisotopic (exact) mass is 430 g/mol. The number of carbonyl (C=O) groups excluding carboxylic acids is 1. The lowest BCUT2D eigenvalue weighted by Gasteiger charge is -2.16. The predicted molar refractivity (Wildman–Crippen MR) is 124 cm³/mol. The second-order valence-corrected chi connectivity index (χ2v) is 8.83. The maximum absolute atomic E-state index is 13.5. The zero-order valence-corrected chi connectivity index (χ0v) is 17.9. The molecule has 5 rings (SSSR count). The van der Waals surface area contributed by atoms with Gasteiger partial charge < -0.3 is 4.90 Å². The lowest BCUT2D eigenvalue weighted by atomic mass is 10.2. The SMILES string of the molecule is CN1C(=C2SC(=Nc3ccccn3)N(Cc3ccccc3)C2=O)Sc2ccccc21. The van der Waals surface area contributed by atoms with Crippen molar-refractivity contribution >= 4 is 46.1 Å². The van der Waals surface area contributed by atoms with E-state index in [2.05, 4.69) is 22.0 Å². The molecule has 7 heteroatoms. The van der Waals surface area contributed by atoms with Gasteiger partial charge in [-0.3, -0.25) is 9.69 Å².